The van der Waals surface area contributed by atoms with Crippen LogP contribution in [0.25, 0.3) is 0 Å². The predicted molar refractivity (Wildman–Crippen MR) is 82.6 cm³/mol. The summed E-state index contributed by atoms with van der Waals surface area (Å²) in [6.45, 7) is 7.03. The first-order valence-corrected chi connectivity index (χ1v) is 7.07. The smallest absolute Gasteiger partial charge is 0.444 e. The van der Waals surface area contributed by atoms with Crippen LogP contribution in [-0.4, -0.2) is 49.6 Å². The van der Waals surface area contributed by atoms with E-state index in [0.717, 1.165) is 7.11 Å². The number of esters is 1. The molecule has 0 spiro atoms. The molecule has 0 aromatic heterocycles. The van der Waals surface area contributed by atoms with Crippen LogP contribution in [0.2, 0.25) is 0 Å². The number of carbonyl (C=O) groups excluding carboxylic acids is 3. The van der Waals surface area contributed by atoms with E-state index in [9.17, 15) is 14.4 Å². The molecule has 0 rings (SSSR count). The van der Waals surface area contributed by atoms with Gasteiger partial charge in [0.25, 0.3) is 0 Å². The summed E-state index contributed by atoms with van der Waals surface area (Å²) >= 11 is 0. The normalized spacial score (nSPS) is 13.2. The molecule has 0 bridgehead atoms. The third-order valence-electron chi connectivity index (χ3n) is 2.46. The zero-order chi connectivity index (χ0) is 18.0. The number of ether oxygens (including phenoxy) is 3. The zero-order valence-electron chi connectivity index (χ0n) is 14.1. The minimum atomic E-state index is -1.09. The van der Waals surface area contributed by atoms with Crippen molar-refractivity contribution in [1.82, 2.24) is 10.6 Å². The Morgan fingerprint density at radius 3 is 2.35 bits per heavy atom. The van der Waals surface area contributed by atoms with Crippen LogP contribution in [-0.2, 0) is 19.0 Å². The molecule has 0 radical (unpaired) electrons. The summed E-state index contributed by atoms with van der Waals surface area (Å²) in [4.78, 5) is 33.9. The molecule has 0 aliphatic carbocycles. The Morgan fingerprint density at radius 1 is 1.26 bits per heavy atom. The summed E-state index contributed by atoms with van der Waals surface area (Å²) in [5, 5.41) is 5.37. The van der Waals surface area contributed by atoms with Gasteiger partial charge in [-0.2, -0.15) is 0 Å². The van der Waals surface area contributed by atoms with E-state index in [-0.39, 0.29) is 6.54 Å². The van der Waals surface area contributed by atoms with E-state index in [4.69, 9.17) is 11.2 Å². The topological polar surface area (TPSA) is 103 Å². The van der Waals surface area contributed by atoms with E-state index in [2.05, 4.69) is 26.0 Å². The van der Waals surface area contributed by atoms with E-state index in [0.29, 0.717) is 6.42 Å². The molecule has 0 aliphatic heterocycles. The van der Waals surface area contributed by atoms with Crippen molar-refractivity contribution in [3.63, 3.8) is 0 Å². The Balaban J connectivity index is 4.21. The van der Waals surface area contributed by atoms with Gasteiger partial charge in [-0.1, -0.05) is 5.92 Å². The summed E-state index contributed by atoms with van der Waals surface area (Å²) in [6.07, 6.45) is 4.09. The molecule has 0 saturated carbocycles. The number of hydrogen-bond acceptors (Lipinski definition) is 7. The lowest BCUT2D eigenvalue weighted by Crippen LogP contribution is -2.44. The molecule has 0 unspecified atom stereocenters. The van der Waals surface area contributed by atoms with Crippen LogP contribution in [0, 0.1) is 12.3 Å². The molecule has 130 valence electrons. The van der Waals surface area contributed by atoms with Crippen molar-refractivity contribution in [2.75, 3.05) is 13.7 Å². The molecule has 0 aromatic rings. The van der Waals surface area contributed by atoms with Gasteiger partial charge >= 0.3 is 18.2 Å². The molecule has 1 amide bonds. The van der Waals surface area contributed by atoms with E-state index in [1.165, 1.54) is 6.92 Å². The lowest BCUT2D eigenvalue weighted by atomic mass is 10.2. The first-order chi connectivity index (χ1) is 10.6. The predicted octanol–water partition coefficient (Wildman–Crippen LogP) is 1.19. The quantitative estimate of drug-likeness (QED) is 0.429. The molecule has 8 heteroatoms. The minimum Gasteiger partial charge on any atom is -0.444 e. The molecule has 0 aromatic carbocycles. The van der Waals surface area contributed by atoms with Crippen molar-refractivity contribution in [3.05, 3.63) is 0 Å². The van der Waals surface area contributed by atoms with E-state index < -0.39 is 35.9 Å². The highest BCUT2D eigenvalue weighted by molar-refractivity contribution is 5.85. The van der Waals surface area contributed by atoms with Crippen molar-refractivity contribution in [1.29, 1.82) is 0 Å². The van der Waals surface area contributed by atoms with Gasteiger partial charge in [-0.3, -0.25) is 5.32 Å². The monoisotopic (exact) mass is 328 g/mol. The summed E-state index contributed by atoms with van der Waals surface area (Å²) in [7, 11) is 1.10. The highest BCUT2D eigenvalue weighted by Gasteiger charge is 2.21. The van der Waals surface area contributed by atoms with Crippen LogP contribution in [0.4, 0.5) is 9.59 Å². The third kappa shape index (κ3) is 10.1. The summed E-state index contributed by atoms with van der Waals surface area (Å²) in [6, 6.07) is -1.30. The van der Waals surface area contributed by atoms with Gasteiger partial charge in [-0.15, -0.1) is 6.42 Å². The number of alkyl carbamates (subject to hydrolysis) is 1. The van der Waals surface area contributed by atoms with Gasteiger partial charge in [0.1, 0.15) is 11.6 Å². The zero-order valence-corrected chi connectivity index (χ0v) is 14.1. The highest BCUT2D eigenvalue weighted by atomic mass is 16.7. The molecular formula is C15H24N2O6. The number of rotatable bonds is 6. The van der Waals surface area contributed by atoms with Gasteiger partial charge in [-0.25, -0.2) is 14.4 Å². The fourth-order valence-corrected chi connectivity index (χ4v) is 1.43. The minimum absolute atomic E-state index is 0.259. The molecule has 0 aliphatic rings. The molecular weight excluding hydrogens is 304 g/mol. The van der Waals surface area contributed by atoms with Gasteiger partial charge < -0.3 is 19.5 Å². The summed E-state index contributed by atoms with van der Waals surface area (Å²) in [5.41, 5.74) is -0.583. The van der Waals surface area contributed by atoms with E-state index >= 15 is 0 Å². The Hall–Kier alpha value is -2.27. The fraction of sp³-hybridized carbons (Fsp3) is 0.667. The van der Waals surface area contributed by atoms with Crippen LogP contribution < -0.4 is 10.6 Å². The summed E-state index contributed by atoms with van der Waals surface area (Å²) in [5.74, 6) is 1.64. The number of nitrogens with one attached hydrogen (secondary N) is 2. The van der Waals surface area contributed by atoms with Gasteiger partial charge in [0.2, 0.25) is 0 Å². The SMILES string of the molecule is C#C[C@H](CCNC(=O)OC(C)(C)C)N[C@@H](C)C(=O)OC(=O)OC. The van der Waals surface area contributed by atoms with Crippen molar-refractivity contribution in [2.24, 2.45) is 0 Å². The highest BCUT2D eigenvalue weighted by Crippen LogP contribution is 2.06. The van der Waals surface area contributed by atoms with Crippen LogP contribution in [0.1, 0.15) is 34.1 Å². The average molecular weight is 328 g/mol. The molecule has 0 saturated heterocycles. The first-order valence-electron chi connectivity index (χ1n) is 7.07. The number of methoxy groups -OCH3 is 1. The van der Waals surface area contributed by atoms with Gasteiger partial charge in [0.15, 0.2) is 0 Å². The number of terminal acetylenes is 1. The van der Waals surface area contributed by atoms with Crippen LogP contribution in [0.15, 0.2) is 0 Å². The second-order valence-electron chi connectivity index (χ2n) is 5.70. The van der Waals surface area contributed by atoms with Gasteiger partial charge in [0.05, 0.1) is 13.2 Å². The third-order valence-corrected chi connectivity index (χ3v) is 2.46. The van der Waals surface area contributed by atoms with Crippen molar-refractivity contribution < 1.29 is 28.6 Å². The lowest BCUT2D eigenvalue weighted by molar-refractivity contribution is -0.141. The Morgan fingerprint density at radius 2 is 1.87 bits per heavy atom. The fourth-order valence-electron chi connectivity index (χ4n) is 1.43. The van der Waals surface area contributed by atoms with Crippen LogP contribution in [0.5, 0.6) is 0 Å². The van der Waals surface area contributed by atoms with Gasteiger partial charge in [-0.05, 0) is 34.1 Å². The maximum absolute atomic E-state index is 11.6. The number of amides is 1. The number of carbonyl (C=O) groups is 3. The van der Waals surface area contributed by atoms with Crippen molar-refractivity contribution in [2.45, 2.75) is 51.8 Å². The molecule has 8 nitrogen and oxygen atoms in total. The van der Waals surface area contributed by atoms with Crippen molar-refractivity contribution in [3.8, 4) is 12.3 Å². The maximum Gasteiger partial charge on any atom is 0.515 e. The van der Waals surface area contributed by atoms with Gasteiger partial charge in [0, 0.05) is 6.54 Å². The Bertz CT molecular complexity index is 464. The second-order valence-corrected chi connectivity index (χ2v) is 5.70. The number of hydrogen-bond donors (Lipinski definition) is 2. The average Bonchev–Trinajstić information content (AvgIpc) is 2.43. The molecule has 0 heterocycles. The second kappa shape index (κ2) is 9.69. The van der Waals surface area contributed by atoms with Crippen LogP contribution in [0.3, 0.4) is 0 Å². The summed E-state index contributed by atoms with van der Waals surface area (Å²) < 4.78 is 13.7. The van der Waals surface area contributed by atoms with E-state index in [1.54, 1.807) is 20.8 Å². The Labute approximate surface area is 136 Å². The molecule has 2 N–H and O–H groups in total. The van der Waals surface area contributed by atoms with Crippen molar-refractivity contribution >= 4 is 18.2 Å². The maximum atomic E-state index is 11.6. The Kier molecular flexibility index (Phi) is 8.73. The largest absolute Gasteiger partial charge is 0.515 e. The lowest BCUT2D eigenvalue weighted by Gasteiger charge is -2.21. The van der Waals surface area contributed by atoms with Crippen LogP contribution >= 0.6 is 0 Å². The molecule has 2 atom stereocenters. The van der Waals surface area contributed by atoms with E-state index in [1.807, 2.05) is 0 Å². The first kappa shape index (κ1) is 20.7. The molecule has 23 heavy (non-hydrogen) atoms. The standard InChI is InChI=1S/C15H24N2O6/c1-7-11(8-9-16-13(19)23-15(3,4)5)17-10(2)12(18)22-14(20)21-6/h1,10-11,17H,8-9H2,2-6H3,(H,16,19)/t10-,11+/m0/s1. The molecule has 0 fully saturated rings.